The maximum absolute atomic E-state index is 12.2. The average molecular weight is 346 g/mol. The number of nitrogens with one attached hydrogen (secondary N) is 1. The van der Waals surface area contributed by atoms with Gasteiger partial charge >= 0.3 is 0 Å². The number of rotatable bonds is 4. The molecule has 0 bridgehead atoms. The fourth-order valence-corrected chi connectivity index (χ4v) is 3.66. The van der Waals surface area contributed by atoms with E-state index in [2.05, 4.69) is 4.72 Å². The monoisotopic (exact) mass is 345 g/mol. The highest BCUT2D eigenvalue weighted by atomic mass is 35.5. The van der Waals surface area contributed by atoms with Crippen LogP contribution in [0.25, 0.3) is 0 Å². The predicted molar refractivity (Wildman–Crippen MR) is 81.8 cm³/mol. The van der Waals surface area contributed by atoms with Crippen LogP contribution in [-0.4, -0.2) is 23.1 Å². The Bertz CT molecular complexity index is 877. The minimum Gasteiger partial charge on any atom is -0.280 e. The average Bonchev–Trinajstić information content (AvgIpc) is 2.37. The molecule has 0 radical (unpaired) electrons. The fourth-order valence-electron chi connectivity index (χ4n) is 1.64. The van der Waals surface area contributed by atoms with Crippen LogP contribution in [0, 0.1) is 0 Å². The molecule has 0 heterocycles. The Morgan fingerprint density at radius 2 is 1.52 bits per heavy atom. The highest BCUT2D eigenvalue weighted by Gasteiger charge is 2.15. The molecule has 2 rings (SSSR count). The van der Waals surface area contributed by atoms with Crippen LogP contribution in [0.15, 0.2) is 58.3 Å². The van der Waals surface area contributed by atoms with Crippen molar-refractivity contribution in [1.29, 1.82) is 0 Å². The molecule has 0 aliphatic carbocycles. The van der Waals surface area contributed by atoms with E-state index >= 15 is 0 Å². The summed E-state index contributed by atoms with van der Waals surface area (Å²) < 4.78 is 49.7. The van der Waals surface area contributed by atoms with Crippen LogP contribution in [0.1, 0.15) is 0 Å². The Morgan fingerprint density at radius 1 is 0.905 bits per heavy atom. The van der Waals surface area contributed by atoms with Crippen LogP contribution in [0.3, 0.4) is 0 Å². The minimum absolute atomic E-state index is 0.000223. The Morgan fingerprint density at radius 3 is 2.14 bits per heavy atom. The zero-order valence-corrected chi connectivity index (χ0v) is 13.3. The second kappa shape index (κ2) is 5.67. The van der Waals surface area contributed by atoms with E-state index in [1.54, 1.807) is 6.07 Å². The Kier molecular flexibility index (Phi) is 4.27. The molecular weight excluding hydrogens is 334 g/mol. The van der Waals surface area contributed by atoms with Gasteiger partial charge in [0.25, 0.3) is 10.0 Å². The van der Waals surface area contributed by atoms with E-state index < -0.39 is 19.9 Å². The minimum atomic E-state index is -3.83. The summed E-state index contributed by atoms with van der Waals surface area (Å²) in [5, 5.41) is 0.294. The third-order valence-corrected chi connectivity index (χ3v) is 5.35. The van der Waals surface area contributed by atoms with Gasteiger partial charge in [-0.15, -0.1) is 0 Å². The Hall–Kier alpha value is -1.57. The molecule has 0 amide bonds. The van der Waals surface area contributed by atoms with Crippen molar-refractivity contribution in [1.82, 2.24) is 0 Å². The Balaban J connectivity index is 2.38. The third kappa shape index (κ3) is 3.96. The first-order valence-electron chi connectivity index (χ1n) is 5.77. The number of hydrogen-bond acceptors (Lipinski definition) is 4. The molecule has 0 atom stereocenters. The molecule has 0 saturated heterocycles. The van der Waals surface area contributed by atoms with Crippen LogP contribution in [0.2, 0.25) is 5.02 Å². The smallest absolute Gasteiger partial charge is 0.261 e. The van der Waals surface area contributed by atoms with Crippen molar-refractivity contribution in [3.8, 4) is 0 Å². The standard InChI is InChI=1S/C13H12ClNO4S2/c1-20(16,17)12-6-3-5-11(9-12)15-21(18,19)13-7-2-4-10(14)8-13/h2-9,15H,1H3. The van der Waals surface area contributed by atoms with Crippen LogP contribution in [-0.2, 0) is 19.9 Å². The molecular formula is C13H12ClNO4S2. The van der Waals surface area contributed by atoms with Gasteiger partial charge in [0.1, 0.15) is 0 Å². The predicted octanol–water partition coefficient (Wildman–Crippen LogP) is 2.54. The Labute approximate surface area is 128 Å². The lowest BCUT2D eigenvalue weighted by atomic mass is 10.3. The maximum atomic E-state index is 12.2. The normalized spacial score (nSPS) is 12.1. The maximum Gasteiger partial charge on any atom is 0.261 e. The van der Waals surface area contributed by atoms with E-state index in [9.17, 15) is 16.8 Å². The van der Waals surface area contributed by atoms with Crippen molar-refractivity contribution in [2.24, 2.45) is 0 Å². The lowest BCUT2D eigenvalue weighted by Gasteiger charge is -2.09. The molecule has 5 nitrogen and oxygen atoms in total. The van der Waals surface area contributed by atoms with Crippen molar-refractivity contribution in [2.45, 2.75) is 9.79 Å². The van der Waals surface area contributed by atoms with Gasteiger partial charge < -0.3 is 0 Å². The molecule has 21 heavy (non-hydrogen) atoms. The highest BCUT2D eigenvalue weighted by Crippen LogP contribution is 2.21. The molecule has 8 heteroatoms. The number of hydrogen-bond donors (Lipinski definition) is 1. The van der Waals surface area contributed by atoms with E-state index in [0.29, 0.717) is 5.02 Å². The first-order chi connectivity index (χ1) is 9.68. The van der Waals surface area contributed by atoms with Gasteiger partial charge in [-0.3, -0.25) is 4.72 Å². The quantitative estimate of drug-likeness (QED) is 0.923. The van der Waals surface area contributed by atoms with Crippen molar-refractivity contribution >= 4 is 37.1 Å². The number of anilines is 1. The van der Waals surface area contributed by atoms with Gasteiger partial charge in [0.05, 0.1) is 15.5 Å². The van der Waals surface area contributed by atoms with E-state index in [1.807, 2.05) is 0 Å². The van der Waals surface area contributed by atoms with Gasteiger partial charge in [-0.25, -0.2) is 16.8 Å². The summed E-state index contributed by atoms with van der Waals surface area (Å²) in [5.41, 5.74) is 0.165. The van der Waals surface area contributed by atoms with Crippen LogP contribution < -0.4 is 4.72 Å². The van der Waals surface area contributed by atoms with Crippen LogP contribution in [0.5, 0.6) is 0 Å². The molecule has 0 spiro atoms. The van der Waals surface area contributed by atoms with E-state index in [4.69, 9.17) is 11.6 Å². The highest BCUT2D eigenvalue weighted by molar-refractivity contribution is 7.92. The van der Waals surface area contributed by atoms with Crippen LogP contribution >= 0.6 is 11.6 Å². The summed E-state index contributed by atoms with van der Waals surface area (Å²) in [5.74, 6) is 0. The van der Waals surface area contributed by atoms with E-state index in [1.165, 1.54) is 42.5 Å². The zero-order chi connectivity index (χ0) is 15.7. The second-order valence-corrected chi connectivity index (χ2v) is 8.50. The topological polar surface area (TPSA) is 80.3 Å². The third-order valence-electron chi connectivity index (χ3n) is 2.62. The first-order valence-corrected chi connectivity index (χ1v) is 9.52. The summed E-state index contributed by atoms with van der Waals surface area (Å²) in [4.78, 5) is 0.0357. The fraction of sp³-hybridized carbons (Fsp3) is 0.0769. The van der Waals surface area contributed by atoms with Crippen LogP contribution in [0.4, 0.5) is 5.69 Å². The molecule has 0 fully saturated rings. The van der Waals surface area contributed by atoms with Crippen molar-refractivity contribution < 1.29 is 16.8 Å². The summed E-state index contributed by atoms with van der Waals surface area (Å²) in [7, 11) is -7.24. The van der Waals surface area contributed by atoms with Gasteiger partial charge in [0.15, 0.2) is 9.84 Å². The van der Waals surface area contributed by atoms with Gasteiger partial charge in [0, 0.05) is 11.3 Å². The van der Waals surface area contributed by atoms with Crippen molar-refractivity contribution in [2.75, 3.05) is 11.0 Å². The molecule has 112 valence electrons. The first kappa shape index (κ1) is 15.8. The summed E-state index contributed by atoms with van der Waals surface area (Å²) >= 11 is 5.77. The summed E-state index contributed by atoms with van der Waals surface area (Å²) in [6.07, 6.45) is 1.05. The van der Waals surface area contributed by atoms with Crippen molar-refractivity contribution in [3.05, 3.63) is 53.6 Å². The van der Waals surface area contributed by atoms with Gasteiger partial charge in [-0.1, -0.05) is 23.7 Å². The largest absolute Gasteiger partial charge is 0.280 e. The number of sulfone groups is 1. The SMILES string of the molecule is CS(=O)(=O)c1cccc(NS(=O)(=O)c2cccc(Cl)c2)c1. The lowest BCUT2D eigenvalue weighted by Crippen LogP contribution is -2.13. The summed E-state index contributed by atoms with van der Waals surface area (Å²) in [6.45, 7) is 0. The molecule has 1 N–H and O–H groups in total. The molecule has 2 aromatic rings. The number of sulfonamides is 1. The molecule has 0 saturated carbocycles. The van der Waals surface area contributed by atoms with E-state index in [-0.39, 0.29) is 15.5 Å². The number of halogens is 1. The van der Waals surface area contributed by atoms with Gasteiger partial charge in [0.2, 0.25) is 0 Å². The van der Waals surface area contributed by atoms with Gasteiger partial charge in [-0.2, -0.15) is 0 Å². The summed E-state index contributed by atoms with van der Waals surface area (Å²) in [6, 6.07) is 11.4. The zero-order valence-electron chi connectivity index (χ0n) is 10.9. The van der Waals surface area contributed by atoms with E-state index in [0.717, 1.165) is 6.26 Å². The van der Waals surface area contributed by atoms with Gasteiger partial charge in [-0.05, 0) is 36.4 Å². The van der Waals surface area contributed by atoms with Crippen molar-refractivity contribution in [3.63, 3.8) is 0 Å². The molecule has 2 aromatic carbocycles. The molecule has 0 aliphatic rings. The molecule has 0 aliphatic heterocycles. The molecule has 0 unspecified atom stereocenters. The molecule has 0 aromatic heterocycles. The second-order valence-electron chi connectivity index (χ2n) is 4.36. The lowest BCUT2D eigenvalue weighted by molar-refractivity contribution is 0.599. The number of benzene rings is 2.